The molecule has 3 heteroatoms. The maximum absolute atomic E-state index is 8.68. The monoisotopic (exact) mass is 343 g/mol. The van der Waals surface area contributed by atoms with E-state index in [1.54, 1.807) is 0 Å². The number of carbonyl (C=O) groups excluding carboxylic acids is 1. The van der Waals surface area contributed by atoms with E-state index in [0.29, 0.717) is 0 Å². The summed E-state index contributed by atoms with van der Waals surface area (Å²) in [4.78, 5) is 11.8. The van der Waals surface area contributed by atoms with E-state index in [4.69, 9.17) is 4.79 Å². The first kappa shape index (κ1) is 12.1. The molecule has 2 nitrogen and oxygen atoms in total. The van der Waals surface area contributed by atoms with E-state index >= 15 is 0 Å². The van der Waals surface area contributed by atoms with E-state index in [0.717, 1.165) is 10.9 Å². The molecule has 0 amide bonds. The van der Waals surface area contributed by atoms with E-state index in [1.165, 1.54) is 13.2 Å². The Bertz CT molecular complexity index is 326. The largest absolute Gasteiger partial charge is 2.00 e. The Balaban J connectivity index is 0.000000324. The van der Waals surface area contributed by atoms with Crippen molar-refractivity contribution in [3.05, 3.63) is 36.5 Å². The maximum atomic E-state index is 8.68. The van der Waals surface area contributed by atoms with Crippen LogP contribution in [0, 0.1) is 6.07 Å². The molecule has 0 atom stereocenters. The Labute approximate surface area is 91.6 Å². The summed E-state index contributed by atoms with van der Waals surface area (Å²) in [6, 6.07) is 11.0. The van der Waals surface area contributed by atoms with E-state index in [9.17, 15) is 0 Å². The van der Waals surface area contributed by atoms with Gasteiger partial charge in [0.25, 0.3) is 0 Å². The van der Waals surface area contributed by atoms with Gasteiger partial charge in [-0.25, -0.2) is 0 Å². The molecule has 1 heterocycles. The molecular formula is C10H9NOW. The van der Waals surface area contributed by atoms with Gasteiger partial charge in [0.15, 0.2) is 0 Å². The van der Waals surface area contributed by atoms with Gasteiger partial charge in [-0.05, 0) is 11.7 Å². The maximum Gasteiger partial charge on any atom is 2.00 e. The van der Waals surface area contributed by atoms with Crippen molar-refractivity contribution in [1.29, 1.82) is 0 Å². The number of hydrogen-bond donors (Lipinski definition) is 1. The summed E-state index contributed by atoms with van der Waals surface area (Å²) in [5.41, 5.74) is 1.15. The fourth-order valence-corrected chi connectivity index (χ4v) is 0.928. The van der Waals surface area contributed by atoms with Gasteiger partial charge in [0.2, 0.25) is 0 Å². The van der Waals surface area contributed by atoms with Gasteiger partial charge < -0.3 is 9.78 Å². The zero-order valence-electron chi connectivity index (χ0n) is 7.20. The average Bonchev–Trinajstić information content (AvgIpc) is 2.52. The topological polar surface area (TPSA) is 32.9 Å². The smallest absolute Gasteiger partial charge is 0.542 e. The van der Waals surface area contributed by atoms with Crippen molar-refractivity contribution in [1.82, 2.24) is 4.98 Å². The summed E-state index contributed by atoms with van der Waals surface area (Å²) in [6.07, 6.45) is 3.42. The van der Waals surface area contributed by atoms with Crippen molar-refractivity contribution in [2.45, 2.75) is 6.92 Å². The fourth-order valence-electron chi connectivity index (χ4n) is 0.928. The number of fused-ring (bicyclic) bond motifs is 1. The minimum absolute atomic E-state index is 0. The van der Waals surface area contributed by atoms with E-state index in [2.05, 4.69) is 11.1 Å². The van der Waals surface area contributed by atoms with E-state index < -0.39 is 0 Å². The Morgan fingerprint density at radius 2 is 2.15 bits per heavy atom. The van der Waals surface area contributed by atoms with Crippen LogP contribution in [-0.2, 0) is 25.9 Å². The van der Waals surface area contributed by atoms with Crippen LogP contribution >= 0.6 is 0 Å². The average molecular weight is 343 g/mol. The third-order valence-corrected chi connectivity index (χ3v) is 1.38. The Morgan fingerprint density at radius 3 is 2.77 bits per heavy atom. The van der Waals surface area contributed by atoms with E-state index in [-0.39, 0.29) is 21.1 Å². The summed E-state index contributed by atoms with van der Waals surface area (Å²) in [6.45, 7) is 1.32. The van der Waals surface area contributed by atoms with Gasteiger partial charge in [-0.1, -0.05) is 0 Å². The van der Waals surface area contributed by atoms with Gasteiger partial charge in [0, 0.05) is 0 Å². The molecule has 0 aliphatic heterocycles. The van der Waals surface area contributed by atoms with E-state index in [1.807, 2.05) is 30.5 Å². The van der Waals surface area contributed by atoms with Gasteiger partial charge >= 0.3 is 21.1 Å². The van der Waals surface area contributed by atoms with Crippen LogP contribution < -0.4 is 0 Å². The molecule has 1 N–H and O–H groups in total. The number of H-pyrrole nitrogens is 1. The molecule has 0 aliphatic carbocycles. The second kappa shape index (κ2) is 6.61. The molecule has 1 aromatic heterocycles. The van der Waals surface area contributed by atoms with Crippen LogP contribution in [0.3, 0.4) is 0 Å². The van der Waals surface area contributed by atoms with Crippen LogP contribution in [0.15, 0.2) is 30.5 Å². The summed E-state index contributed by atoms with van der Waals surface area (Å²) in [7, 11) is 0. The van der Waals surface area contributed by atoms with Crippen LogP contribution in [0.25, 0.3) is 10.9 Å². The Kier molecular flexibility index (Phi) is 6.17. The third-order valence-electron chi connectivity index (χ3n) is 1.38. The molecule has 0 aliphatic rings. The van der Waals surface area contributed by atoms with Crippen molar-refractivity contribution in [3.8, 4) is 0 Å². The molecule has 0 saturated carbocycles. The quantitative estimate of drug-likeness (QED) is 0.730. The molecule has 13 heavy (non-hydrogen) atoms. The third kappa shape index (κ3) is 3.56. The van der Waals surface area contributed by atoms with Crippen molar-refractivity contribution in [2.24, 2.45) is 0 Å². The number of rotatable bonds is 0. The molecule has 0 bridgehead atoms. The minimum Gasteiger partial charge on any atom is -0.542 e. The van der Waals surface area contributed by atoms with Gasteiger partial charge in [-0.2, -0.15) is 6.92 Å². The fraction of sp³-hybridized carbons (Fsp3) is 0.100. The van der Waals surface area contributed by atoms with Crippen LogP contribution in [0.2, 0.25) is 0 Å². The number of nitrogens with one attached hydrogen (secondary N) is 1. The second-order valence-electron chi connectivity index (χ2n) is 2.18. The molecule has 66 valence electrons. The Hall–Kier alpha value is -0.882. The molecule has 0 radical (unpaired) electrons. The summed E-state index contributed by atoms with van der Waals surface area (Å²) < 4.78 is 0. The van der Waals surface area contributed by atoms with Crippen LogP contribution in [0.1, 0.15) is 6.92 Å². The molecule has 0 saturated heterocycles. The minimum atomic E-state index is 0. The first-order valence-electron chi connectivity index (χ1n) is 3.61. The SMILES string of the molecule is C[C-]=O.[W+2].[c-]1cccc2[nH]ccc12. The van der Waals surface area contributed by atoms with Crippen molar-refractivity contribution < 1.29 is 25.9 Å². The van der Waals surface area contributed by atoms with Gasteiger partial charge in [0.1, 0.15) is 0 Å². The van der Waals surface area contributed by atoms with Crippen LogP contribution in [-0.4, -0.2) is 11.3 Å². The van der Waals surface area contributed by atoms with Crippen LogP contribution in [0.4, 0.5) is 0 Å². The predicted octanol–water partition coefficient (Wildman–Crippen LogP) is 2.08. The molecule has 2 rings (SSSR count). The van der Waals surface area contributed by atoms with Crippen molar-refractivity contribution >= 4 is 17.2 Å². The zero-order chi connectivity index (χ0) is 8.81. The van der Waals surface area contributed by atoms with Crippen molar-refractivity contribution in [2.75, 3.05) is 0 Å². The molecular weight excluding hydrogens is 334 g/mol. The normalized spacial score (nSPS) is 8.08. The molecule has 1 aromatic carbocycles. The number of aromatic nitrogens is 1. The Morgan fingerprint density at radius 1 is 1.46 bits per heavy atom. The van der Waals surface area contributed by atoms with Crippen molar-refractivity contribution in [3.63, 3.8) is 0 Å². The molecule has 0 unspecified atom stereocenters. The molecule has 2 aromatic rings. The zero-order valence-corrected chi connectivity index (χ0v) is 10.1. The summed E-state index contributed by atoms with van der Waals surface area (Å²) in [5, 5.41) is 1.15. The number of hydrogen-bond acceptors (Lipinski definition) is 1. The number of benzene rings is 1. The van der Waals surface area contributed by atoms with Gasteiger partial charge in [-0.3, -0.25) is 6.29 Å². The number of aromatic amines is 1. The van der Waals surface area contributed by atoms with Gasteiger partial charge in [0.05, 0.1) is 0 Å². The standard InChI is InChI=1S/C8H6N.C2H3O.W/c1-2-4-8-7(3-1)5-6-9-8;1-2-3;/h1-2,4-6,9H;1H3;/q2*-1;+2. The first-order chi connectivity index (χ1) is 5.88. The predicted molar refractivity (Wildman–Crippen MR) is 48.5 cm³/mol. The summed E-state index contributed by atoms with van der Waals surface area (Å²) in [5.74, 6) is 0. The molecule has 0 spiro atoms. The van der Waals surface area contributed by atoms with Gasteiger partial charge in [-0.15, -0.1) is 35.7 Å². The molecule has 0 fully saturated rings. The first-order valence-corrected chi connectivity index (χ1v) is 3.61. The summed E-state index contributed by atoms with van der Waals surface area (Å²) >= 11 is 0. The second-order valence-corrected chi connectivity index (χ2v) is 2.18. The van der Waals surface area contributed by atoms with Crippen LogP contribution in [0.5, 0.6) is 0 Å².